The van der Waals surface area contributed by atoms with Gasteiger partial charge in [-0.15, -0.1) is 0 Å². The van der Waals surface area contributed by atoms with Gasteiger partial charge in [0.1, 0.15) is 12.4 Å². The smallest absolute Gasteiger partial charge is 0.262 e. The molecule has 7 nitrogen and oxygen atoms in total. The summed E-state index contributed by atoms with van der Waals surface area (Å²) in [7, 11) is 0. The Morgan fingerprint density at radius 3 is 2.50 bits per heavy atom. The molecule has 34 heavy (non-hydrogen) atoms. The number of hydrogen-bond donors (Lipinski definition) is 0. The van der Waals surface area contributed by atoms with E-state index in [4.69, 9.17) is 9.72 Å². The van der Waals surface area contributed by atoms with E-state index in [0.29, 0.717) is 42.3 Å². The van der Waals surface area contributed by atoms with E-state index in [1.54, 1.807) is 4.57 Å². The normalized spacial score (nSPS) is 14.4. The molecule has 0 spiro atoms. The molecular formula is C26H32N4O3S. The summed E-state index contributed by atoms with van der Waals surface area (Å²) >= 11 is 1.37. The second kappa shape index (κ2) is 12.0. The zero-order valence-electron chi connectivity index (χ0n) is 19.7. The Morgan fingerprint density at radius 1 is 1.00 bits per heavy atom. The van der Waals surface area contributed by atoms with Gasteiger partial charge in [-0.3, -0.25) is 19.1 Å². The van der Waals surface area contributed by atoms with Gasteiger partial charge in [-0.25, -0.2) is 4.98 Å². The Balaban J connectivity index is 1.29. The van der Waals surface area contributed by atoms with Gasteiger partial charge in [-0.1, -0.05) is 55.4 Å². The quantitative estimate of drug-likeness (QED) is 0.327. The predicted octanol–water partition coefficient (Wildman–Crippen LogP) is 3.51. The molecule has 4 rings (SSSR count). The molecule has 0 radical (unpaired) electrons. The first-order valence-electron chi connectivity index (χ1n) is 12.0. The van der Waals surface area contributed by atoms with Crippen molar-refractivity contribution >= 4 is 28.6 Å². The third-order valence-electron chi connectivity index (χ3n) is 6.03. The number of nitrogens with zero attached hydrogens (tertiary/aromatic N) is 4. The molecule has 0 N–H and O–H groups in total. The van der Waals surface area contributed by atoms with Crippen molar-refractivity contribution in [2.45, 2.75) is 31.5 Å². The Kier molecular flexibility index (Phi) is 8.60. The average molecular weight is 481 g/mol. The van der Waals surface area contributed by atoms with Crippen LogP contribution in [-0.4, -0.2) is 70.3 Å². The number of benzene rings is 2. The van der Waals surface area contributed by atoms with Crippen LogP contribution >= 0.6 is 11.8 Å². The first kappa shape index (κ1) is 24.3. The minimum absolute atomic E-state index is 0.0275. The second-order valence-corrected chi connectivity index (χ2v) is 9.34. The summed E-state index contributed by atoms with van der Waals surface area (Å²) in [4.78, 5) is 34.9. The lowest BCUT2D eigenvalue weighted by Crippen LogP contribution is -2.50. The fraction of sp³-hybridized carbons (Fsp3) is 0.423. The molecule has 1 fully saturated rings. The molecule has 8 heteroatoms. The van der Waals surface area contributed by atoms with Gasteiger partial charge in [0.15, 0.2) is 5.16 Å². The maximum absolute atomic E-state index is 13.0. The number of fused-ring (bicyclic) bond motifs is 1. The number of para-hydroxylation sites is 2. The summed E-state index contributed by atoms with van der Waals surface area (Å²) < 4.78 is 7.52. The van der Waals surface area contributed by atoms with Gasteiger partial charge in [0.05, 0.1) is 16.7 Å². The third-order valence-corrected chi connectivity index (χ3v) is 6.99. The zero-order chi connectivity index (χ0) is 23.8. The summed E-state index contributed by atoms with van der Waals surface area (Å²) in [6, 6.07) is 17.2. The van der Waals surface area contributed by atoms with Gasteiger partial charge in [-0.2, -0.15) is 0 Å². The molecule has 0 aliphatic carbocycles. The first-order chi connectivity index (χ1) is 16.7. The van der Waals surface area contributed by atoms with Crippen LogP contribution in [0.2, 0.25) is 0 Å². The van der Waals surface area contributed by atoms with Crippen LogP contribution in [0.1, 0.15) is 19.8 Å². The number of piperazine rings is 1. The van der Waals surface area contributed by atoms with Crippen LogP contribution in [0.5, 0.6) is 5.75 Å². The van der Waals surface area contributed by atoms with Gasteiger partial charge >= 0.3 is 0 Å². The lowest BCUT2D eigenvalue weighted by molar-refractivity contribution is -0.130. The van der Waals surface area contributed by atoms with Gasteiger partial charge < -0.3 is 9.64 Å². The molecule has 0 saturated carbocycles. The number of unbranched alkanes of at least 4 members (excludes halogenated alkanes) is 1. The highest BCUT2D eigenvalue weighted by Gasteiger charge is 2.22. The highest BCUT2D eigenvalue weighted by atomic mass is 32.2. The SMILES string of the molecule is CCCCn1c(SCC(=O)N2CCN(CCOc3ccccc3)CC2)nc2ccccc2c1=O. The van der Waals surface area contributed by atoms with E-state index in [-0.39, 0.29) is 17.2 Å². The Bertz CT molecular complexity index is 1140. The van der Waals surface area contributed by atoms with Crippen molar-refractivity contribution in [2.24, 2.45) is 0 Å². The largest absolute Gasteiger partial charge is 0.492 e. The van der Waals surface area contributed by atoms with E-state index in [2.05, 4.69) is 11.8 Å². The fourth-order valence-electron chi connectivity index (χ4n) is 4.02. The Hall–Kier alpha value is -2.84. The maximum Gasteiger partial charge on any atom is 0.262 e. The van der Waals surface area contributed by atoms with Crippen molar-refractivity contribution in [3.05, 3.63) is 65.0 Å². The monoisotopic (exact) mass is 480 g/mol. The molecule has 1 aromatic heterocycles. The number of carbonyl (C=O) groups excluding carboxylic acids is 1. The third kappa shape index (κ3) is 6.18. The van der Waals surface area contributed by atoms with Crippen molar-refractivity contribution in [3.63, 3.8) is 0 Å². The summed E-state index contributed by atoms with van der Waals surface area (Å²) in [6.45, 7) is 7.29. The minimum atomic E-state index is -0.0275. The van der Waals surface area contributed by atoms with Gasteiger partial charge in [0.25, 0.3) is 5.56 Å². The molecule has 3 aromatic rings. The molecular weight excluding hydrogens is 448 g/mol. The summed E-state index contributed by atoms with van der Waals surface area (Å²) in [5, 5.41) is 1.25. The number of ether oxygens (including phenoxy) is 1. The molecule has 1 amide bonds. The predicted molar refractivity (Wildman–Crippen MR) is 137 cm³/mol. The first-order valence-corrected chi connectivity index (χ1v) is 12.9. The number of hydrogen-bond acceptors (Lipinski definition) is 6. The summed E-state index contributed by atoms with van der Waals surface area (Å²) in [5.41, 5.74) is 0.655. The average Bonchev–Trinajstić information content (AvgIpc) is 2.88. The molecule has 1 aliphatic rings. The van der Waals surface area contributed by atoms with Crippen LogP contribution in [-0.2, 0) is 11.3 Å². The van der Waals surface area contributed by atoms with Crippen molar-refractivity contribution in [3.8, 4) is 5.75 Å². The van der Waals surface area contributed by atoms with Crippen molar-refractivity contribution in [1.29, 1.82) is 0 Å². The van der Waals surface area contributed by atoms with E-state index < -0.39 is 0 Å². The minimum Gasteiger partial charge on any atom is -0.492 e. The Labute approximate surface area is 204 Å². The molecule has 0 atom stereocenters. The number of amides is 1. The number of aromatic nitrogens is 2. The molecule has 1 aliphatic heterocycles. The van der Waals surface area contributed by atoms with E-state index >= 15 is 0 Å². The van der Waals surface area contributed by atoms with E-state index in [1.807, 2.05) is 59.5 Å². The molecule has 1 saturated heterocycles. The van der Waals surface area contributed by atoms with Crippen LogP contribution < -0.4 is 10.3 Å². The van der Waals surface area contributed by atoms with Crippen LogP contribution in [0.3, 0.4) is 0 Å². The van der Waals surface area contributed by atoms with Crippen LogP contribution in [0.25, 0.3) is 10.9 Å². The van der Waals surface area contributed by atoms with Gasteiger partial charge in [0.2, 0.25) is 5.91 Å². The maximum atomic E-state index is 13.0. The lowest BCUT2D eigenvalue weighted by atomic mass is 10.2. The summed E-state index contributed by atoms with van der Waals surface area (Å²) in [5.74, 6) is 1.26. The zero-order valence-corrected chi connectivity index (χ0v) is 20.5. The van der Waals surface area contributed by atoms with Crippen LogP contribution in [0.4, 0.5) is 0 Å². The molecule has 2 heterocycles. The van der Waals surface area contributed by atoms with E-state index in [1.165, 1.54) is 11.8 Å². The highest BCUT2D eigenvalue weighted by Crippen LogP contribution is 2.19. The highest BCUT2D eigenvalue weighted by molar-refractivity contribution is 7.99. The number of carbonyl (C=O) groups is 1. The van der Waals surface area contributed by atoms with E-state index in [9.17, 15) is 9.59 Å². The lowest BCUT2D eigenvalue weighted by Gasteiger charge is -2.34. The number of rotatable bonds is 10. The molecule has 0 unspecified atom stereocenters. The molecule has 180 valence electrons. The van der Waals surface area contributed by atoms with Crippen molar-refractivity contribution in [1.82, 2.24) is 19.4 Å². The topological polar surface area (TPSA) is 67.7 Å². The number of thioether (sulfide) groups is 1. The van der Waals surface area contributed by atoms with Crippen LogP contribution in [0.15, 0.2) is 64.5 Å². The fourth-order valence-corrected chi connectivity index (χ4v) is 4.95. The van der Waals surface area contributed by atoms with Crippen molar-refractivity contribution in [2.75, 3.05) is 45.1 Å². The van der Waals surface area contributed by atoms with Gasteiger partial charge in [0, 0.05) is 39.3 Å². The second-order valence-electron chi connectivity index (χ2n) is 8.39. The van der Waals surface area contributed by atoms with Gasteiger partial charge in [-0.05, 0) is 30.7 Å². The van der Waals surface area contributed by atoms with Crippen molar-refractivity contribution < 1.29 is 9.53 Å². The molecule has 0 bridgehead atoms. The standard InChI is InChI=1S/C26H32N4O3S/c1-2-3-13-30-25(32)22-11-7-8-12-23(22)27-26(30)34-20-24(31)29-16-14-28(15-17-29)18-19-33-21-9-5-4-6-10-21/h4-12H,2-3,13-20H2,1H3. The Morgan fingerprint density at radius 2 is 1.74 bits per heavy atom. The van der Waals surface area contributed by atoms with E-state index in [0.717, 1.165) is 38.2 Å². The summed E-state index contributed by atoms with van der Waals surface area (Å²) in [6.07, 6.45) is 1.89. The molecule has 2 aromatic carbocycles. The van der Waals surface area contributed by atoms with Crippen LogP contribution in [0, 0.1) is 0 Å².